The molecule has 0 saturated heterocycles. The second-order valence-electron chi connectivity index (χ2n) is 3.78. The van der Waals surface area contributed by atoms with Gasteiger partial charge in [0.05, 0.1) is 12.7 Å². The first kappa shape index (κ1) is 14.7. The number of likely N-dealkylation sites (N-methyl/N-ethyl adjacent to an activating group) is 1. The molecule has 18 heavy (non-hydrogen) atoms. The van der Waals surface area contributed by atoms with Gasteiger partial charge in [0.25, 0.3) is 5.91 Å². The lowest BCUT2D eigenvalue weighted by Crippen LogP contribution is -2.40. The lowest BCUT2D eigenvalue weighted by atomic mass is 10.1. The number of carbonyl (C=O) groups excluding carboxylic acids is 1. The highest BCUT2D eigenvalue weighted by Crippen LogP contribution is 2.21. The molecule has 0 aliphatic rings. The Kier molecular flexibility index (Phi) is 4.94. The molecule has 0 saturated carbocycles. The van der Waals surface area contributed by atoms with Crippen LogP contribution >= 0.6 is 22.6 Å². The zero-order valence-electron chi connectivity index (χ0n) is 10.3. The Balaban J connectivity index is 3.00. The average Bonchev–Trinajstić information content (AvgIpc) is 2.35. The molecule has 1 amide bonds. The van der Waals surface area contributed by atoms with Crippen LogP contribution in [-0.4, -0.2) is 42.1 Å². The topological polar surface area (TPSA) is 66.8 Å². The van der Waals surface area contributed by atoms with E-state index in [0.29, 0.717) is 11.3 Å². The largest absolute Gasteiger partial charge is 0.497 e. The highest BCUT2D eigenvalue weighted by atomic mass is 127. The Morgan fingerprint density at radius 1 is 1.44 bits per heavy atom. The van der Waals surface area contributed by atoms with E-state index in [0.717, 1.165) is 3.57 Å². The minimum Gasteiger partial charge on any atom is -0.497 e. The van der Waals surface area contributed by atoms with Crippen LogP contribution in [0, 0.1) is 3.57 Å². The third kappa shape index (κ3) is 3.12. The number of halogens is 1. The number of methoxy groups -OCH3 is 1. The molecule has 0 aliphatic heterocycles. The summed E-state index contributed by atoms with van der Waals surface area (Å²) in [6, 6.07) is 4.17. The molecule has 1 aromatic rings. The van der Waals surface area contributed by atoms with Gasteiger partial charge < -0.3 is 14.7 Å². The normalized spacial score (nSPS) is 11.8. The molecule has 0 aliphatic carbocycles. The number of hydrogen-bond acceptors (Lipinski definition) is 3. The van der Waals surface area contributed by atoms with Gasteiger partial charge in [-0.3, -0.25) is 4.79 Å². The van der Waals surface area contributed by atoms with Gasteiger partial charge in [-0.05, 0) is 47.7 Å². The molecule has 1 N–H and O–H groups in total. The Bertz CT molecular complexity index is 475. The van der Waals surface area contributed by atoms with Crippen LogP contribution in [0.5, 0.6) is 5.75 Å². The van der Waals surface area contributed by atoms with Crippen LogP contribution in [0.2, 0.25) is 0 Å². The predicted octanol–water partition coefficient (Wildman–Crippen LogP) is 1.84. The summed E-state index contributed by atoms with van der Waals surface area (Å²) in [6.07, 6.45) is 0. The maximum atomic E-state index is 12.1. The number of nitrogens with zero attached hydrogens (tertiary/aromatic N) is 1. The van der Waals surface area contributed by atoms with Crippen molar-refractivity contribution in [3.63, 3.8) is 0 Å². The molecule has 1 aromatic carbocycles. The van der Waals surface area contributed by atoms with Gasteiger partial charge in [-0.1, -0.05) is 0 Å². The lowest BCUT2D eigenvalue weighted by Gasteiger charge is -2.22. The van der Waals surface area contributed by atoms with Crippen molar-refractivity contribution in [2.45, 2.75) is 13.0 Å². The van der Waals surface area contributed by atoms with E-state index in [2.05, 4.69) is 0 Å². The summed E-state index contributed by atoms with van der Waals surface area (Å²) < 4.78 is 5.78. The fraction of sp³-hybridized carbons (Fsp3) is 0.333. The molecule has 1 unspecified atom stereocenters. The monoisotopic (exact) mass is 363 g/mol. The van der Waals surface area contributed by atoms with E-state index in [-0.39, 0.29) is 5.91 Å². The highest BCUT2D eigenvalue weighted by molar-refractivity contribution is 14.1. The molecular formula is C12H14INO4. The van der Waals surface area contributed by atoms with E-state index >= 15 is 0 Å². The zero-order valence-corrected chi connectivity index (χ0v) is 12.5. The van der Waals surface area contributed by atoms with Crippen LogP contribution in [0.25, 0.3) is 0 Å². The molecule has 0 aromatic heterocycles. The van der Waals surface area contributed by atoms with E-state index in [1.54, 1.807) is 25.3 Å². The first-order valence-corrected chi connectivity index (χ1v) is 6.30. The molecule has 5 nitrogen and oxygen atoms in total. The Hall–Kier alpha value is -1.31. The van der Waals surface area contributed by atoms with Crippen molar-refractivity contribution < 1.29 is 19.4 Å². The van der Waals surface area contributed by atoms with E-state index in [1.165, 1.54) is 18.9 Å². The van der Waals surface area contributed by atoms with Gasteiger partial charge in [0.15, 0.2) is 0 Å². The Morgan fingerprint density at radius 3 is 2.50 bits per heavy atom. The van der Waals surface area contributed by atoms with Gasteiger partial charge in [-0.15, -0.1) is 0 Å². The Labute approximate surface area is 119 Å². The van der Waals surface area contributed by atoms with Crippen LogP contribution in [0.3, 0.4) is 0 Å². The number of aliphatic carboxylic acids is 1. The van der Waals surface area contributed by atoms with Gasteiger partial charge in [0, 0.05) is 10.6 Å². The molecule has 6 heteroatoms. The van der Waals surface area contributed by atoms with Crippen molar-refractivity contribution in [3.05, 3.63) is 27.3 Å². The van der Waals surface area contributed by atoms with Crippen molar-refractivity contribution in [2.24, 2.45) is 0 Å². The zero-order chi connectivity index (χ0) is 13.9. The molecule has 0 radical (unpaired) electrons. The third-order valence-electron chi connectivity index (χ3n) is 2.67. The fourth-order valence-corrected chi connectivity index (χ4v) is 2.05. The minimum absolute atomic E-state index is 0.322. The standard InChI is InChI=1S/C12H14INO4/c1-7(12(16)17)14(2)11(15)9-5-4-8(18-3)6-10(9)13/h4-7H,1-3H3,(H,16,17). The van der Waals surface area contributed by atoms with Crippen molar-refractivity contribution in [2.75, 3.05) is 14.2 Å². The predicted molar refractivity (Wildman–Crippen MR) is 74.9 cm³/mol. The van der Waals surface area contributed by atoms with Crippen LogP contribution in [0.15, 0.2) is 18.2 Å². The highest BCUT2D eigenvalue weighted by Gasteiger charge is 2.24. The number of amides is 1. The maximum absolute atomic E-state index is 12.1. The molecule has 0 bridgehead atoms. The van der Waals surface area contributed by atoms with Crippen LogP contribution in [0.1, 0.15) is 17.3 Å². The van der Waals surface area contributed by atoms with E-state index < -0.39 is 12.0 Å². The van der Waals surface area contributed by atoms with Gasteiger partial charge in [0.1, 0.15) is 11.8 Å². The van der Waals surface area contributed by atoms with Crippen molar-refractivity contribution in [3.8, 4) is 5.75 Å². The van der Waals surface area contributed by atoms with Gasteiger partial charge >= 0.3 is 5.97 Å². The number of carboxylic acid groups (broad SMARTS) is 1. The molecule has 0 spiro atoms. The second-order valence-corrected chi connectivity index (χ2v) is 4.94. The number of carboxylic acids is 1. The summed E-state index contributed by atoms with van der Waals surface area (Å²) in [5, 5.41) is 8.88. The number of hydrogen-bond donors (Lipinski definition) is 1. The van der Waals surface area contributed by atoms with Crippen molar-refractivity contribution in [1.82, 2.24) is 4.90 Å². The first-order valence-electron chi connectivity index (χ1n) is 5.22. The maximum Gasteiger partial charge on any atom is 0.326 e. The number of rotatable bonds is 4. The quantitative estimate of drug-likeness (QED) is 0.830. The molecule has 98 valence electrons. The smallest absolute Gasteiger partial charge is 0.326 e. The molecular weight excluding hydrogens is 349 g/mol. The van der Waals surface area contributed by atoms with Crippen LogP contribution in [0.4, 0.5) is 0 Å². The molecule has 0 fully saturated rings. The fourth-order valence-electron chi connectivity index (χ4n) is 1.33. The second kappa shape index (κ2) is 6.03. The summed E-state index contributed by atoms with van der Waals surface area (Å²) in [5.41, 5.74) is 0.465. The molecule has 1 rings (SSSR count). The summed E-state index contributed by atoms with van der Waals surface area (Å²) in [7, 11) is 3.02. The van der Waals surface area contributed by atoms with Crippen LogP contribution in [-0.2, 0) is 4.79 Å². The summed E-state index contributed by atoms with van der Waals surface area (Å²) in [6.45, 7) is 1.47. The SMILES string of the molecule is COc1ccc(C(=O)N(C)C(C)C(=O)O)c(I)c1. The first-order chi connectivity index (χ1) is 8.38. The van der Waals surface area contributed by atoms with E-state index in [1.807, 2.05) is 22.6 Å². The van der Waals surface area contributed by atoms with E-state index in [9.17, 15) is 9.59 Å². The summed E-state index contributed by atoms with van der Waals surface area (Å²) in [4.78, 5) is 24.2. The van der Waals surface area contributed by atoms with E-state index in [4.69, 9.17) is 9.84 Å². The molecule has 0 heterocycles. The minimum atomic E-state index is -1.03. The van der Waals surface area contributed by atoms with Gasteiger partial charge in [-0.2, -0.15) is 0 Å². The Morgan fingerprint density at radius 2 is 2.06 bits per heavy atom. The van der Waals surface area contributed by atoms with Gasteiger partial charge in [0.2, 0.25) is 0 Å². The number of carbonyl (C=O) groups is 2. The summed E-state index contributed by atoms with van der Waals surface area (Å²) >= 11 is 2.02. The van der Waals surface area contributed by atoms with Gasteiger partial charge in [-0.25, -0.2) is 4.79 Å². The van der Waals surface area contributed by atoms with Crippen molar-refractivity contribution >= 4 is 34.5 Å². The number of ether oxygens (including phenoxy) is 1. The third-order valence-corrected chi connectivity index (χ3v) is 3.56. The summed E-state index contributed by atoms with van der Waals surface area (Å²) in [5.74, 6) is -0.698. The number of benzene rings is 1. The van der Waals surface area contributed by atoms with Crippen molar-refractivity contribution in [1.29, 1.82) is 0 Å². The van der Waals surface area contributed by atoms with Crippen LogP contribution < -0.4 is 4.74 Å². The lowest BCUT2D eigenvalue weighted by molar-refractivity contribution is -0.141. The average molecular weight is 363 g/mol. The molecule has 1 atom stereocenters.